The van der Waals surface area contributed by atoms with Crippen LogP contribution in [0.15, 0.2) is 87.5 Å². The molecule has 0 heterocycles. The fourth-order valence-electron chi connectivity index (χ4n) is 5.99. The van der Waals surface area contributed by atoms with Crippen molar-refractivity contribution in [1.29, 1.82) is 0 Å². The number of carbonyl (C=O) groups excluding carboxylic acids is 3. The lowest BCUT2D eigenvalue weighted by atomic mass is 10.1. The van der Waals surface area contributed by atoms with Gasteiger partial charge in [0.2, 0.25) is 0 Å². The predicted octanol–water partition coefficient (Wildman–Crippen LogP) is 8.31. The molecule has 3 N–H and O–H groups in total. The van der Waals surface area contributed by atoms with Gasteiger partial charge in [-0.2, -0.15) is 25.3 Å². The lowest BCUT2D eigenvalue weighted by Crippen LogP contribution is -2.25. The summed E-state index contributed by atoms with van der Waals surface area (Å²) in [6.07, 6.45) is 8.85. The van der Waals surface area contributed by atoms with Gasteiger partial charge in [-0.3, -0.25) is 13.7 Å². The van der Waals surface area contributed by atoms with Crippen molar-refractivity contribution in [2.24, 2.45) is 0 Å². The molecule has 0 aliphatic carbocycles. The van der Waals surface area contributed by atoms with E-state index in [1.54, 1.807) is 0 Å². The Morgan fingerprint density at radius 1 is 0.426 bits per heavy atom. The van der Waals surface area contributed by atoms with E-state index in [1.165, 1.54) is 25.7 Å². The first-order valence-electron chi connectivity index (χ1n) is 19.4. The summed E-state index contributed by atoms with van der Waals surface area (Å²) < 4.78 is 127. The van der Waals surface area contributed by atoms with Gasteiger partial charge in [0.15, 0.2) is 0 Å². The van der Waals surface area contributed by atoms with E-state index < -0.39 is 70.8 Å². The molecule has 18 nitrogen and oxygen atoms in total. The molecule has 0 radical (unpaired) electrons. The van der Waals surface area contributed by atoms with Gasteiger partial charge in [-0.05, 0) is 85.6 Å². The molecule has 338 valence electrons. The van der Waals surface area contributed by atoms with Crippen LogP contribution < -0.4 is 14.2 Å². The molecule has 0 aliphatic heterocycles. The Morgan fingerprint density at radius 2 is 0.689 bits per heavy atom. The van der Waals surface area contributed by atoms with Gasteiger partial charge in [-0.25, -0.2) is 14.4 Å². The zero-order chi connectivity index (χ0) is 44.9. The second-order valence-corrected chi connectivity index (χ2v) is 22.6. The Kier molecular flexibility index (Phi) is 20.8. The summed E-state index contributed by atoms with van der Waals surface area (Å²) in [5.74, 6) is -0.159. The third-order valence-electron chi connectivity index (χ3n) is 9.31. The number of carbonyl (C=O) groups is 3. The lowest BCUT2D eigenvalue weighted by molar-refractivity contribution is 0.104. The molecule has 0 fully saturated rings. The molecule has 0 bridgehead atoms. The maximum absolute atomic E-state index is 12.7. The van der Waals surface area contributed by atoms with Crippen molar-refractivity contribution in [1.82, 2.24) is 0 Å². The molecule has 3 rings (SSSR count). The van der Waals surface area contributed by atoms with E-state index in [0.29, 0.717) is 6.16 Å². The molecular formula is C39H52O18PS3+. The van der Waals surface area contributed by atoms with Crippen LogP contribution in [0.25, 0.3) is 0 Å². The Hall–Kier alpha value is -4.37. The van der Waals surface area contributed by atoms with Gasteiger partial charge >= 0.3 is 18.5 Å². The summed E-state index contributed by atoms with van der Waals surface area (Å²) >= 11 is 0. The molecule has 0 aromatic heterocycles. The molecule has 0 aliphatic rings. The highest BCUT2D eigenvalue weighted by atomic mass is 32.2. The Labute approximate surface area is 356 Å². The molecule has 0 amide bonds. The minimum Gasteiger partial charge on any atom is -0.430 e. The molecule has 3 aromatic rings. The van der Waals surface area contributed by atoms with Crippen LogP contribution in [0.5, 0.6) is 17.2 Å². The van der Waals surface area contributed by atoms with Crippen molar-refractivity contribution in [3.63, 3.8) is 0 Å². The fraction of sp³-hybridized carbons (Fsp3) is 0.462. The normalized spacial score (nSPS) is 12.0. The molecule has 3 aromatic carbocycles. The average Bonchev–Trinajstić information content (AvgIpc) is 3.18. The van der Waals surface area contributed by atoms with Gasteiger partial charge < -0.3 is 28.4 Å². The van der Waals surface area contributed by atoms with Crippen LogP contribution in [-0.4, -0.2) is 102 Å². The molecule has 0 spiro atoms. The van der Waals surface area contributed by atoms with Crippen LogP contribution in [0.2, 0.25) is 0 Å². The van der Waals surface area contributed by atoms with Crippen LogP contribution in [0, 0.1) is 0 Å². The van der Waals surface area contributed by atoms with Gasteiger partial charge in [0.25, 0.3) is 30.4 Å². The average molecular weight is 936 g/mol. The highest BCUT2D eigenvalue weighted by molar-refractivity contribution is 7.86. The first-order valence-corrected chi connectivity index (χ1v) is 26.3. The monoisotopic (exact) mass is 935 g/mol. The molecule has 0 saturated heterocycles. The third kappa shape index (κ3) is 19.9. The molecule has 0 saturated carbocycles. The van der Waals surface area contributed by atoms with Crippen LogP contribution in [-0.2, 0) is 44.6 Å². The van der Waals surface area contributed by atoms with E-state index >= 15 is 0 Å². The van der Waals surface area contributed by atoms with Crippen LogP contribution in [0.4, 0.5) is 14.4 Å². The maximum atomic E-state index is 12.7. The van der Waals surface area contributed by atoms with Crippen LogP contribution in [0.3, 0.4) is 0 Å². The van der Waals surface area contributed by atoms with Crippen molar-refractivity contribution < 1.29 is 81.7 Å². The minimum atomic E-state index is -4.47. The summed E-state index contributed by atoms with van der Waals surface area (Å²) in [5, 5.41) is 0. The molecule has 0 atom stereocenters. The Balaban J connectivity index is 1.72. The number of rotatable bonds is 26. The number of ether oxygens (including phenoxy) is 6. The van der Waals surface area contributed by atoms with E-state index in [1.807, 2.05) is 0 Å². The Bertz CT molecular complexity index is 1950. The number of hydrogen-bond acceptors (Lipinski definition) is 15. The standard InChI is InChI=1S/C39H51O18PS3/c1-2-3-4-5-6-7-8-9-10-11-27-58(28-24-52-37(40)55-31-12-18-34(19-13-31)59(43,44)45,29-25-53-38(41)56-32-14-20-35(21-15-32)60(46,47)48)30-26-54-39(42)57-33-16-22-36(23-17-33)61(49,50)51/h12-23H,2-11,24-30H2,1H3,(H2-,43,44,45,46,47,48,49,50,51)/p+1. The van der Waals surface area contributed by atoms with Gasteiger partial charge in [0, 0.05) is 7.26 Å². The molecular weight excluding hydrogens is 884 g/mol. The van der Waals surface area contributed by atoms with Crippen molar-refractivity contribution in [2.45, 2.75) is 85.8 Å². The molecule has 0 unspecified atom stereocenters. The smallest absolute Gasteiger partial charge is 0.430 e. The second-order valence-electron chi connectivity index (χ2n) is 13.9. The summed E-state index contributed by atoms with van der Waals surface area (Å²) in [7, 11) is -15.8. The van der Waals surface area contributed by atoms with E-state index in [0.717, 1.165) is 111 Å². The molecule has 22 heteroatoms. The fourth-order valence-corrected chi connectivity index (χ4v) is 11.1. The van der Waals surface area contributed by atoms with Crippen molar-refractivity contribution >= 4 is 56.1 Å². The molecule has 61 heavy (non-hydrogen) atoms. The zero-order valence-electron chi connectivity index (χ0n) is 33.6. The maximum Gasteiger partial charge on any atom is 0.513 e. The topological polar surface area (TPSA) is 270 Å². The summed E-state index contributed by atoms with van der Waals surface area (Å²) in [6.45, 7) is 1.68. The highest BCUT2D eigenvalue weighted by Gasteiger charge is 2.38. The zero-order valence-corrected chi connectivity index (χ0v) is 36.9. The number of benzene rings is 3. The predicted molar refractivity (Wildman–Crippen MR) is 223 cm³/mol. The SMILES string of the molecule is CCCCCCCCCCCC[P+](CCOC(=O)Oc1ccc(S(=O)(=O)O)cc1)(CCOC(=O)Oc1ccc(S(=O)(=O)O)cc1)CCOC(=O)Oc1ccc(S(=O)(=O)O)cc1. The lowest BCUT2D eigenvalue weighted by Gasteiger charge is -2.27. The summed E-state index contributed by atoms with van der Waals surface area (Å²) in [4.78, 5) is 36.8. The van der Waals surface area contributed by atoms with Gasteiger partial charge in [-0.15, -0.1) is 0 Å². The first-order chi connectivity index (χ1) is 28.8. The van der Waals surface area contributed by atoms with Crippen molar-refractivity contribution in [3.05, 3.63) is 72.8 Å². The third-order valence-corrected chi connectivity index (χ3v) is 16.6. The second kappa shape index (κ2) is 24.9. The van der Waals surface area contributed by atoms with E-state index in [9.17, 15) is 53.3 Å². The largest absolute Gasteiger partial charge is 0.513 e. The Morgan fingerprint density at radius 3 is 0.951 bits per heavy atom. The number of hydrogen-bond donors (Lipinski definition) is 3. The van der Waals surface area contributed by atoms with Gasteiger partial charge in [0.05, 0.1) is 39.3 Å². The quantitative estimate of drug-likeness (QED) is 0.0170. The van der Waals surface area contributed by atoms with E-state index in [4.69, 9.17) is 28.4 Å². The minimum absolute atomic E-state index is 0.0529. The van der Waals surface area contributed by atoms with E-state index in [-0.39, 0.29) is 55.6 Å². The van der Waals surface area contributed by atoms with Crippen LogP contribution in [0.1, 0.15) is 71.1 Å². The highest BCUT2D eigenvalue weighted by Crippen LogP contribution is 2.59. The van der Waals surface area contributed by atoms with Gasteiger partial charge in [0.1, 0.15) is 37.1 Å². The number of unbranched alkanes of at least 4 members (excludes halogenated alkanes) is 9. The van der Waals surface area contributed by atoms with Gasteiger partial charge in [-0.1, -0.05) is 58.3 Å². The van der Waals surface area contributed by atoms with Crippen molar-refractivity contribution in [2.75, 3.05) is 44.5 Å². The summed E-state index contributed by atoms with van der Waals surface area (Å²) in [5.41, 5.74) is 0. The van der Waals surface area contributed by atoms with Crippen LogP contribution >= 0.6 is 7.26 Å². The summed E-state index contributed by atoms with van der Waals surface area (Å²) in [6, 6.07) is 13.2. The van der Waals surface area contributed by atoms with E-state index in [2.05, 4.69) is 6.92 Å². The first kappa shape index (κ1) is 51.0. The van der Waals surface area contributed by atoms with Crippen molar-refractivity contribution in [3.8, 4) is 17.2 Å².